The lowest BCUT2D eigenvalue weighted by molar-refractivity contribution is -0.117. The molecule has 0 bridgehead atoms. The molecule has 0 fully saturated rings. The summed E-state index contributed by atoms with van der Waals surface area (Å²) in [5.41, 5.74) is 3.87. The quantitative estimate of drug-likeness (QED) is 0.750. The average Bonchev–Trinajstić information content (AvgIpc) is 3.15. The maximum Gasteiger partial charge on any atom is 0.231 e. The van der Waals surface area contributed by atoms with Crippen LogP contribution in [0.4, 0.5) is 5.69 Å². The monoisotopic (exact) mass is 351 g/mol. The van der Waals surface area contributed by atoms with Gasteiger partial charge < -0.3 is 5.32 Å². The first-order valence-electron chi connectivity index (χ1n) is 8.40. The van der Waals surface area contributed by atoms with Gasteiger partial charge in [0.05, 0.1) is 17.3 Å². The van der Waals surface area contributed by atoms with Crippen molar-refractivity contribution >= 4 is 23.2 Å². The number of hydrogen-bond donors (Lipinski definition) is 1. The molecule has 4 nitrogen and oxygen atoms in total. The summed E-state index contributed by atoms with van der Waals surface area (Å²) in [6.45, 7) is 0. The van der Waals surface area contributed by atoms with E-state index < -0.39 is 0 Å². The third kappa shape index (κ3) is 3.17. The van der Waals surface area contributed by atoms with Gasteiger partial charge in [0.15, 0.2) is 0 Å². The Labute approximate surface area is 151 Å². The number of halogens is 1. The number of aryl methyl sites for hydroxylation is 1. The molecule has 1 aliphatic rings. The highest BCUT2D eigenvalue weighted by atomic mass is 35.5. The molecule has 1 heterocycles. The van der Waals surface area contributed by atoms with Crippen LogP contribution in [0.5, 0.6) is 0 Å². The van der Waals surface area contributed by atoms with Crippen LogP contribution in [0.15, 0.2) is 60.9 Å². The van der Waals surface area contributed by atoms with Crippen molar-refractivity contribution in [3.05, 3.63) is 77.1 Å². The maximum absolute atomic E-state index is 13.0. The van der Waals surface area contributed by atoms with Crippen LogP contribution in [-0.4, -0.2) is 15.7 Å². The zero-order chi connectivity index (χ0) is 17.2. The Balaban J connectivity index is 1.65. The van der Waals surface area contributed by atoms with Crippen molar-refractivity contribution in [1.82, 2.24) is 9.78 Å². The van der Waals surface area contributed by atoms with E-state index in [0.717, 1.165) is 30.5 Å². The molecule has 1 amide bonds. The lowest BCUT2D eigenvalue weighted by atomic mass is 9.82. The predicted octanol–water partition coefficient (Wildman–Crippen LogP) is 4.58. The maximum atomic E-state index is 13.0. The first-order valence-corrected chi connectivity index (χ1v) is 8.78. The summed E-state index contributed by atoms with van der Waals surface area (Å²) in [4.78, 5) is 13.0. The topological polar surface area (TPSA) is 46.9 Å². The van der Waals surface area contributed by atoms with E-state index in [0.29, 0.717) is 10.7 Å². The van der Waals surface area contributed by atoms with Crippen LogP contribution in [0.2, 0.25) is 5.02 Å². The van der Waals surface area contributed by atoms with E-state index in [-0.39, 0.29) is 11.8 Å². The van der Waals surface area contributed by atoms with E-state index in [1.165, 1.54) is 5.56 Å². The number of nitrogens with one attached hydrogen (secondary N) is 1. The van der Waals surface area contributed by atoms with Crippen molar-refractivity contribution in [3.8, 4) is 5.69 Å². The fourth-order valence-electron chi connectivity index (χ4n) is 3.47. The van der Waals surface area contributed by atoms with Crippen LogP contribution in [0.25, 0.3) is 5.69 Å². The lowest BCUT2D eigenvalue weighted by Crippen LogP contribution is -2.25. The third-order valence-corrected chi connectivity index (χ3v) is 4.89. The van der Waals surface area contributed by atoms with Gasteiger partial charge in [0.2, 0.25) is 5.91 Å². The van der Waals surface area contributed by atoms with E-state index in [9.17, 15) is 4.79 Å². The van der Waals surface area contributed by atoms with Gasteiger partial charge >= 0.3 is 0 Å². The number of anilines is 1. The van der Waals surface area contributed by atoms with E-state index >= 15 is 0 Å². The van der Waals surface area contributed by atoms with Crippen molar-refractivity contribution in [2.45, 2.75) is 25.2 Å². The largest absolute Gasteiger partial charge is 0.324 e. The van der Waals surface area contributed by atoms with Crippen molar-refractivity contribution in [3.63, 3.8) is 0 Å². The predicted molar refractivity (Wildman–Crippen MR) is 99.3 cm³/mol. The molecule has 0 spiro atoms. The van der Waals surface area contributed by atoms with Crippen LogP contribution in [0, 0.1) is 0 Å². The van der Waals surface area contributed by atoms with Crippen molar-refractivity contribution in [2.24, 2.45) is 0 Å². The minimum absolute atomic E-state index is 0.00261. The summed E-state index contributed by atoms with van der Waals surface area (Å²) < 4.78 is 1.72. The summed E-state index contributed by atoms with van der Waals surface area (Å²) in [6, 6.07) is 15.5. The molecule has 0 saturated heterocycles. The smallest absolute Gasteiger partial charge is 0.231 e. The van der Waals surface area contributed by atoms with Crippen LogP contribution < -0.4 is 5.32 Å². The van der Waals surface area contributed by atoms with Gasteiger partial charge in [-0.15, -0.1) is 0 Å². The Hall–Kier alpha value is -2.59. The molecule has 1 atom stereocenters. The standard InChI is InChI=1S/C20H18ClN3O/c21-15-9-10-19(24-12-4-11-22-24)18(13-15)23-20(25)17-8-3-6-14-5-1-2-7-16(14)17/h1-2,4-5,7,9-13,17H,3,6,8H2,(H,23,25). The number of carbonyl (C=O) groups excluding carboxylic acids is 1. The second-order valence-corrected chi connectivity index (χ2v) is 6.68. The number of amides is 1. The number of rotatable bonds is 3. The summed E-state index contributed by atoms with van der Waals surface area (Å²) in [5.74, 6) is -0.128. The fourth-order valence-corrected chi connectivity index (χ4v) is 3.64. The lowest BCUT2D eigenvalue weighted by Gasteiger charge is -2.25. The van der Waals surface area contributed by atoms with E-state index in [2.05, 4.69) is 22.5 Å². The molecule has 1 aromatic heterocycles. The highest BCUT2D eigenvalue weighted by Gasteiger charge is 2.26. The number of nitrogens with zero attached hydrogens (tertiary/aromatic N) is 2. The zero-order valence-corrected chi connectivity index (χ0v) is 14.4. The van der Waals surface area contributed by atoms with E-state index in [1.54, 1.807) is 23.0 Å². The highest BCUT2D eigenvalue weighted by molar-refractivity contribution is 6.31. The summed E-state index contributed by atoms with van der Waals surface area (Å²) in [7, 11) is 0. The van der Waals surface area contributed by atoms with Crippen molar-refractivity contribution < 1.29 is 4.79 Å². The summed E-state index contributed by atoms with van der Waals surface area (Å²) in [5, 5.41) is 7.90. The number of aromatic nitrogens is 2. The molecule has 1 N–H and O–H groups in total. The normalized spacial score (nSPS) is 16.3. The second kappa shape index (κ2) is 6.73. The molecule has 126 valence electrons. The average molecular weight is 352 g/mol. The number of hydrogen-bond acceptors (Lipinski definition) is 2. The van der Waals surface area contributed by atoms with Crippen molar-refractivity contribution in [2.75, 3.05) is 5.32 Å². The van der Waals surface area contributed by atoms with Crippen molar-refractivity contribution in [1.29, 1.82) is 0 Å². The van der Waals surface area contributed by atoms with Crippen LogP contribution >= 0.6 is 11.6 Å². The molecular formula is C20H18ClN3O. The van der Waals surface area contributed by atoms with Gasteiger partial charge in [-0.05, 0) is 54.7 Å². The van der Waals surface area contributed by atoms with Gasteiger partial charge in [0, 0.05) is 17.4 Å². The molecular weight excluding hydrogens is 334 g/mol. The van der Waals surface area contributed by atoms with Gasteiger partial charge in [-0.3, -0.25) is 4.79 Å². The minimum Gasteiger partial charge on any atom is -0.324 e. The van der Waals surface area contributed by atoms with Crippen LogP contribution in [-0.2, 0) is 11.2 Å². The first kappa shape index (κ1) is 15.9. The van der Waals surface area contributed by atoms with Gasteiger partial charge in [-0.25, -0.2) is 4.68 Å². The minimum atomic E-state index is -0.130. The molecule has 2 aromatic carbocycles. The molecule has 3 aromatic rings. The summed E-state index contributed by atoms with van der Waals surface area (Å²) in [6.07, 6.45) is 6.47. The Morgan fingerprint density at radius 3 is 2.92 bits per heavy atom. The molecule has 1 aliphatic carbocycles. The first-order chi connectivity index (χ1) is 12.2. The SMILES string of the molecule is O=C(Nc1cc(Cl)ccc1-n1cccn1)C1CCCc2ccccc21. The number of fused-ring (bicyclic) bond motifs is 1. The molecule has 0 radical (unpaired) electrons. The van der Waals surface area contributed by atoms with Gasteiger partial charge in [0.1, 0.15) is 0 Å². The molecule has 0 saturated carbocycles. The van der Waals surface area contributed by atoms with Crippen LogP contribution in [0.1, 0.15) is 29.9 Å². The molecule has 0 aliphatic heterocycles. The fraction of sp³-hybridized carbons (Fsp3) is 0.200. The second-order valence-electron chi connectivity index (χ2n) is 6.24. The Morgan fingerprint density at radius 2 is 2.08 bits per heavy atom. The van der Waals surface area contributed by atoms with Gasteiger partial charge in [-0.1, -0.05) is 35.9 Å². The Morgan fingerprint density at radius 1 is 1.20 bits per heavy atom. The zero-order valence-electron chi connectivity index (χ0n) is 13.7. The Bertz CT molecular complexity index is 905. The third-order valence-electron chi connectivity index (χ3n) is 4.65. The molecule has 5 heteroatoms. The highest BCUT2D eigenvalue weighted by Crippen LogP contribution is 2.33. The van der Waals surface area contributed by atoms with Gasteiger partial charge in [-0.2, -0.15) is 5.10 Å². The molecule has 25 heavy (non-hydrogen) atoms. The number of carbonyl (C=O) groups is 1. The summed E-state index contributed by atoms with van der Waals surface area (Å²) >= 11 is 6.15. The Kier molecular flexibility index (Phi) is 4.28. The van der Waals surface area contributed by atoms with Crippen LogP contribution in [0.3, 0.4) is 0 Å². The molecule has 4 rings (SSSR count). The van der Waals surface area contributed by atoms with Gasteiger partial charge in [0.25, 0.3) is 0 Å². The van der Waals surface area contributed by atoms with E-state index in [1.807, 2.05) is 30.5 Å². The molecule has 1 unspecified atom stereocenters. The number of benzene rings is 2. The van der Waals surface area contributed by atoms with E-state index in [4.69, 9.17) is 11.6 Å².